The van der Waals surface area contributed by atoms with Gasteiger partial charge in [-0.15, -0.1) is 6.58 Å². The molecular weight excluding hydrogens is 228 g/mol. The quantitative estimate of drug-likeness (QED) is 0.252. The number of hydrogen-bond donors (Lipinski definition) is 0. The van der Waals surface area contributed by atoms with Crippen molar-refractivity contribution in [3.8, 4) is 0 Å². The Morgan fingerprint density at radius 3 is 1.68 bits per heavy atom. The lowest BCUT2D eigenvalue weighted by Gasteiger charge is -2.01. The van der Waals surface area contributed by atoms with Crippen LogP contribution in [0.25, 0.3) is 0 Å². The van der Waals surface area contributed by atoms with E-state index in [0.29, 0.717) is 0 Å². The molecule has 0 amide bonds. The maximum absolute atomic E-state index is 3.76. The molecule has 0 saturated heterocycles. The summed E-state index contributed by atoms with van der Waals surface area (Å²) in [6.45, 7) is 6.10. The molecule has 0 heterocycles. The molecule has 1 aliphatic rings. The minimum atomic E-state index is 0.923. The Balaban J connectivity index is 1.68. The topological polar surface area (TPSA) is 0 Å². The summed E-state index contributed by atoms with van der Waals surface area (Å²) in [7, 11) is 0. The van der Waals surface area contributed by atoms with Gasteiger partial charge in [-0.3, -0.25) is 0 Å². The number of rotatable bonds is 13. The van der Waals surface area contributed by atoms with Gasteiger partial charge in [-0.05, 0) is 38.0 Å². The smallest absolute Gasteiger partial charge is 0.0194 e. The summed E-state index contributed by atoms with van der Waals surface area (Å²) in [5, 5.41) is 0. The van der Waals surface area contributed by atoms with E-state index in [1.54, 1.807) is 5.57 Å². The second-order valence-electron chi connectivity index (χ2n) is 6.29. The lowest BCUT2D eigenvalue weighted by atomic mass is 10.1. The Kier molecular flexibility index (Phi) is 9.85. The van der Waals surface area contributed by atoms with Gasteiger partial charge in [-0.2, -0.15) is 0 Å². The molecule has 1 fully saturated rings. The monoisotopic (exact) mass is 262 g/mol. The molecule has 0 aromatic heterocycles. The van der Waals surface area contributed by atoms with Crippen molar-refractivity contribution in [2.75, 3.05) is 0 Å². The molecule has 0 aromatic rings. The molecule has 1 unspecified atom stereocenters. The highest BCUT2D eigenvalue weighted by atomic mass is 14.3. The molecule has 1 aliphatic carbocycles. The van der Waals surface area contributed by atoms with Crippen LogP contribution in [0.5, 0.6) is 0 Å². The third-order valence-corrected chi connectivity index (χ3v) is 4.28. The van der Waals surface area contributed by atoms with E-state index in [-0.39, 0.29) is 0 Å². The van der Waals surface area contributed by atoms with E-state index in [1.165, 1.54) is 83.5 Å². The number of unbranched alkanes of at least 4 members (excludes halogenated alkanes) is 11. The van der Waals surface area contributed by atoms with Crippen molar-refractivity contribution in [3.63, 3.8) is 0 Å². The molecule has 0 radical (unpaired) electrons. The van der Waals surface area contributed by atoms with Crippen LogP contribution in [0.15, 0.2) is 24.3 Å². The summed E-state index contributed by atoms with van der Waals surface area (Å²) in [6.07, 6.45) is 22.8. The van der Waals surface area contributed by atoms with E-state index >= 15 is 0 Å². The van der Waals surface area contributed by atoms with Gasteiger partial charge in [0.25, 0.3) is 0 Å². The summed E-state index contributed by atoms with van der Waals surface area (Å²) >= 11 is 0. The first-order valence-corrected chi connectivity index (χ1v) is 8.64. The summed E-state index contributed by atoms with van der Waals surface area (Å²) in [6, 6.07) is 0. The molecule has 1 rings (SSSR count). The van der Waals surface area contributed by atoms with Gasteiger partial charge < -0.3 is 0 Å². The van der Waals surface area contributed by atoms with Gasteiger partial charge in [0.2, 0.25) is 0 Å². The molecule has 0 nitrogen and oxygen atoms in total. The van der Waals surface area contributed by atoms with Crippen molar-refractivity contribution in [2.24, 2.45) is 5.92 Å². The first-order chi connectivity index (χ1) is 9.34. The van der Waals surface area contributed by atoms with Gasteiger partial charge in [0.15, 0.2) is 0 Å². The molecular formula is C19H34. The van der Waals surface area contributed by atoms with Gasteiger partial charge in [0.1, 0.15) is 0 Å². The van der Waals surface area contributed by atoms with E-state index in [1.807, 2.05) is 6.08 Å². The highest BCUT2D eigenvalue weighted by Gasteiger charge is 2.22. The van der Waals surface area contributed by atoms with Crippen molar-refractivity contribution in [1.29, 1.82) is 0 Å². The van der Waals surface area contributed by atoms with Crippen molar-refractivity contribution in [3.05, 3.63) is 24.3 Å². The Morgan fingerprint density at radius 1 is 0.842 bits per heavy atom. The fraction of sp³-hybridized carbons (Fsp3) is 0.789. The van der Waals surface area contributed by atoms with Crippen LogP contribution in [0.4, 0.5) is 0 Å². The molecule has 0 N–H and O–H groups in total. The Hall–Kier alpha value is -0.520. The van der Waals surface area contributed by atoms with Crippen LogP contribution < -0.4 is 0 Å². The average Bonchev–Trinajstić information content (AvgIpc) is 3.11. The molecule has 1 atom stereocenters. The lowest BCUT2D eigenvalue weighted by Crippen LogP contribution is -1.82. The fourth-order valence-electron chi connectivity index (χ4n) is 2.71. The van der Waals surface area contributed by atoms with E-state index in [0.717, 1.165) is 5.92 Å². The van der Waals surface area contributed by atoms with E-state index in [9.17, 15) is 0 Å². The van der Waals surface area contributed by atoms with Crippen LogP contribution in [-0.4, -0.2) is 0 Å². The zero-order chi connectivity index (χ0) is 13.8. The first kappa shape index (κ1) is 16.5. The normalized spacial score (nSPS) is 19.8. The fourth-order valence-corrected chi connectivity index (χ4v) is 2.71. The molecule has 0 spiro atoms. The highest BCUT2D eigenvalue weighted by Crippen LogP contribution is 2.37. The molecule has 0 heteroatoms. The second-order valence-corrected chi connectivity index (χ2v) is 6.29. The largest absolute Gasteiger partial charge is 0.103 e. The average molecular weight is 262 g/mol. The van der Waals surface area contributed by atoms with Crippen LogP contribution in [0.2, 0.25) is 0 Å². The maximum Gasteiger partial charge on any atom is -0.0194 e. The molecule has 1 saturated carbocycles. The Morgan fingerprint density at radius 2 is 1.26 bits per heavy atom. The molecule has 110 valence electrons. The van der Waals surface area contributed by atoms with E-state index < -0.39 is 0 Å². The standard InChI is InChI=1S/C19H34/c1-3-4-5-6-7-8-9-10-11-12-13-14-15-16-19-17-18(19)2/h3,16,18H,1,4-15,17H2,2H3. The molecule has 0 bridgehead atoms. The van der Waals surface area contributed by atoms with Crippen LogP contribution in [0, 0.1) is 5.92 Å². The summed E-state index contributed by atoms with van der Waals surface area (Å²) in [5.74, 6) is 0.923. The third-order valence-electron chi connectivity index (χ3n) is 4.28. The van der Waals surface area contributed by atoms with Crippen LogP contribution in [-0.2, 0) is 0 Å². The molecule has 19 heavy (non-hydrogen) atoms. The van der Waals surface area contributed by atoms with Gasteiger partial charge >= 0.3 is 0 Å². The predicted molar refractivity (Wildman–Crippen MR) is 87.5 cm³/mol. The first-order valence-electron chi connectivity index (χ1n) is 8.64. The predicted octanol–water partition coefficient (Wildman–Crippen LogP) is 6.82. The SMILES string of the molecule is C=CCCCCCCCCCCCCC=C1CC1C. The molecule has 0 aliphatic heterocycles. The minimum absolute atomic E-state index is 0.923. The number of allylic oxidation sites excluding steroid dienone is 3. The Bertz CT molecular complexity index is 249. The van der Waals surface area contributed by atoms with Gasteiger partial charge in [0.05, 0.1) is 0 Å². The maximum atomic E-state index is 3.76. The Labute approximate surface area is 121 Å². The lowest BCUT2D eigenvalue weighted by molar-refractivity contribution is 0.553. The summed E-state index contributed by atoms with van der Waals surface area (Å²) in [5.41, 5.74) is 1.72. The van der Waals surface area contributed by atoms with Crippen LogP contribution in [0.1, 0.15) is 90.4 Å². The summed E-state index contributed by atoms with van der Waals surface area (Å²) < 4.78 is 0. The van der Waals surface area contributed by atoms with E-state index in [4.69, 9.17) is 0 Å². The highest BCUT2D eigenvalue weighted by molar-refractivity contribution is 5.21. The molecule has 0 aromatic carbocycles. The van der Waals surface area contributed by atoms with Crippen molar-refractivity contribution >= 4 is 0 Å². The van der Waals surface area contributed by atoms with Gasteiger partial charge in [-0.1, -0.05) is 76.0 Å². The van der Waals surface area contributed by atoms with Gasteiger partial charge in [-0.25, -0.2) is 0 Å². The van der Waals surface area contributed by atoms with Gasteiger partial charge in [0, 0.05) is 0 Å². The zero-order valence-corrected chi connectivity index (χ0v) is 13.1. The minimum Gasteiger partial charge on any atom is -0.103 e. The summed E-state index contributed by atoms with van der Waals surface area (Å²) in [4.78, 5) is 0. The zero-order valence-electron chi connectivity index (χ0n) is 13.1. The van der Waals surface area contributed by atoms with Crippen LogP contribution in [0.3, 0.4) is 0 Å². The van der Waals surface area contributed by atoms with Crippen molar-refractivity contribution in [2.45, 2.75) is 90.4 Å². The van der Waals surface area contributed by atoms with Crippen molar-refractivity contribution in [1.82, 2.24) is 0 Å². The van der Waals surface area contributed by atoms with Crippen molar-refractivity contribution < 1.29 is 0 Å². The second kappa shape index (κ2) is 11.3. The third kappa shape index (κ3) is 9.99. The van der Waals surface area contributed by atoms with E-state index in [2.05, 4.69) is 19.6 Å². The number of hydrogen-bond acceptors (Lipinski definition) is 0. The van der Waals surface area contributed by atoms with Crippen LogP contribution >= 0.6 is 0 Å².